The largest absolute Gasteiger partial charge is 0.484 e. The monoisotopic (exact) mass is 364 g/mol. The van der Waals surface area contributed by atoms with Crippen molar-refractivity contribution in [2.75, 3.05) is 19.7 Å². The van der Waals surface area contributed by atoms with Gasteiger partial charge in [0.05, 0.1) is 0 Å². The summed E-state index contributed by atoms with van der Waals surface area (Å²) in [5.74, 6) is 0.655. The van der Waals surface area contributed by atoms with E-state index in [1.807, 2.05) is 0 Å². The lowest BCUT2D eigenvalue weighted by molar-refractivity contribution is -0.123. The summed E-state index contributed by atoms with van der Waals surface area (Å²) >= 11 is 5.76. The maximum absolute atomic E-state index is 11.8. The van der Waals surface area contributed by atoms with Crippen LogP contribution in [0.4, 0.5) is 0 Å². The minimum atomic E-state index is -0.453. The van der Waals surface area contributed by atoms with Gasteiger partial charge in [0.2, 0.25) is 0 Å². The number of benzene rings is 1. The SMILES string of the molecule is O=C(COc1ccc(Cl)cc1)NCCNC(=O)c1nc(C2CC2)no1. The lowest BCUT2D eigenvalue weighted by atomic mass is 10.3. The molecule has 0 saturated heterocycles. The molecule has 132 valence electrons. The van der Waals surface area contributed by atoms with Gasteiger partial charge in [-0.1, -0.05) is 16.8 Å². The van der Waals surface area contributed by atoms with Crippen LogP contribution in [0.3, 0.4) is 0 Å². The molecular weight excluding hydrogens is 348 g/mol. The summed E-state index contributed by atoms with van der Waals surface area (Å²) in [5, 5.41) is 9.60. The Labute approximate surface area is 148 Å². The molecule has 0 atom stereocenters. The van der Waals surface area contributed by atoms with Crippen molar-refractivity contribution in [1.29, 1.82) is 0 Å². The molecule has 9 heteroatoms. The molecule has 1 aromatic heterocycles. The lowest BCUT2D eigenvalue weighted by Crippen LogP contribution is -2.36. The predicted octanol–water partition coefficient (Wildman–Crippen LogP) is 1.53. The van der Waals surface area contributed by atoms with Crippen molar-refractivity contribution in [2.24, 2.45) is 0 Å². The van der Waals surface area contributed by atoms with Crippen LogP contribution in [-0.2, 0) is 4.79 Å². The van der Waals surface area contributed by atoms with Crippen LogP contribution >= 0.6 is 11.6 Å². The molecular formula is C16H17ClN4O4. The van der Waals surface area contributed by atoms with Crippen molar-refractivity contribution in [3.8, 4) is 5.75 Å². The number of ether oxygens (including phenoxy) is 1. The molecule has 2 amide bonds. The molecule has 0 spiro atoms. The van der Waals surface area contributed by atoms with Gasteiger partial charge in [0, 0.05) is 24.0 Å². The van der Waals surface area contributed by atoms with Gasteiger partial charge >= 0.3 is 11.8 Å². The van der Waals surface area contributed by atoms with Crippen molar-refractivity contribution in [2.45, 2.75) is 18.8 Å². The average Bonchev–Trinajstić information content (AvgIpc) is 3.35. The molecule has 1 fully saturated rings. The summed E-state index contributed by atoms with van der Waals surface area (Å²) in [6.07, 6.45) is 2.06. The number of hydrogen-bond donors (Lipinski definition) is 2. The van der Waals surface area contributed by atoms with Crippen molar-refractivity contribution < 1.29 is 18.8 Å². The fourth-order valence-electron chi connectivity index (χ4n) is 2.02. The molecule has 2 N–H and O–H groups in total. The van der Waals surface area contributed by atoms with Gasteiger partial charge in [-0.05, 0) is 37.1 Å². The Kier molecular flexibility index (Phi) is 5.49. The van der Waals surface area contributed by atoms with Gasteiger partial charge < -0.3 is 19.9 Å². The van der Waals surface area contributed by atoms with Crippen molar-refractivity contribution >= 4 is 23.4 Å². The van der Waals surface area contributed by atoms with Gasteiger partial charge in [-0.2, -0.15) is 4.98 Å². The fourth-order valence-corrected chi connectivity index (χ4v) is 2.14. The van der Waals surface area contributed by atoms with E-state index < -0.39 is 5.91 Å². The highest BCUT2D eigenvalue weighted by Crippen LogP contribution is 2.38. The number of aromatic nitrogens is 2. The molecule has 0 bridgehead atoms. The lowest BCUT2D eigenvalue weighted by Gasteiger charge is -2.07. The van der Waals surface area contributed by atoms with Crippen LogP contribution < -0.4 is 15.4 Å². The first-order valence-electron chi connectivity index (χ1n) is 7.88. The third-order valence-corrected chi connectivity index (χ3v) is 3.75. The van der Waals surface area contributed by atoms with Crippen LogP contribution in [0.15, 0.2) is 28.8 Å². The van der Waals surface area contributed by atoms with E-state index in [-0.39, 0.29) is 31.5 Å². The number of carbonyl (C=O) groups is 2. The van der Waals surface area contributed by atoms with Gasteiger partial charge in [-0.15, -0.1) is 0 Å². The third-order valence-electron chi connectivity index (χ3n) is 3.49. The molecule has 25 heavy (non-hydrogen) atoms. The summed E-state index contributed by atoms with van der Waals surface area (Å²) in [6.45, 7) is 0.384. The Morgan fingerprint density at radius 3 is 2.64 bits per heavy atom. The Bertz CT molecular complexity index is 743. The fraction of sp³-hybridized carbons (Fsp3) is 0.375. The van der Waals surface area contributed by atoms with Crippen molar-refractivity contribution in [3.05, 3.63) is 41.0 Å². The standard InChI is InChI=1S/C16H17ClN4O4/c17-11-3-5-12(6-4-11)24-9-13(22)18-7-8-19-15(23)16-20-14(21-25-16)10-1-2-10/h3-6,10H,1-2,7-9H2,(H,18,22)(H,19,23). The second-order valence-corrected chi connectivity index (χ2v) is 6.02. The number of nitrogens with one attached hydrogen (secondary N) is 2. The molecule has 1 aliphatic carbocycles. The number of halogens is 1. The molecule has 0 aliphatic heterocycles. The van der Waals surface area contributed by atoms with Crippen LogP contribution in [0.5, 0.6) is 5.75 Å². The van der Waals surface area contributed by atoms with Gasteiger partial charge in [-0.3, -0.25) is 9.59 Å². The van der Waals surface area contributed by atoms with E-state index >= 15 is 0 Å². The van der Waals surface area contributed by atoms with E-state index in [0.717, 1.165) is 12.8 Å². The summed E-state index contributed by atoms with van der Waals surface area (Å²) < 4.78 is 10.2. The number of rotatable bonds is 8. The van der Waals surface area contributed by atoms with Gasteiger partial charge in [0.15, 0.2) is 12.4 Å². The first kappa shape index (κ1) is 17.2. The topological polar surface area (TPSA) is 106 Å². The van der Waals surface area contributed by atoms with Crippen LogP contribution in [0.25, 0.3) is 0 Å². The first-order chi connectivity index (χ1) is 12.1. The quantitative estimate of drug-likeness (QED) is 0.688. The van der Waals surface area contributed by atoms with Gasteiger partial charge in [-0.25, -0.2) is 0 Å². The normalized spacial score (nSPS) is 13.3. The third kappa shape index (κ3) is 5.18. The van der Waals surface area contributed by atoms with Gasteiger partial charge in [0.1, 0.15) is 5.75 Å². The minimum Gasteiger partial charge on any atom is -0.484 e. The van der Waals surface area contributed by atoms with E-state index in [0.29, 0.717) is 22.5 Å². The molecule has 2 aromatic rings. The minimum absolute atomic E-state index is 0.0562. The van der Waals surface area contributed by atoms with Crippen LogP contribution in [0.2, 0.25) is 5.02 Å². The van der Waals surface area contributed by atoms with E-state index in [1.165, 1.54) is 0 Å². The molecule has 1 aliphatic rings. The highest BCUT2D eigenvalue weighted by molar-refractivity contribution is 6.30. The molecule has 0 unspecified atom stereocenters. The Balaban J connectivity index is 1.31. The first-order valence-corrected chi connectivity index (χ1v) is 8.26. The molecule has 3 rings (SSSR count). The maximum Gasteiger partial charge on any atom is 0.315 e. The Hall–Kier alpha value is -2.61. The molecule has 1 aromatic carbocycles. The Morgan fingerprint density at radius 2 is 1.92 bits per heavy atom. The summed E-state index contributed by atoms with van der Waals surface area (Å²) in [4.78, 5) is 27.5. The van der Waals surface area contributed by atoms with Crippen molar-refractivity contribution in [1.82, 2.24) is 20.8 Å². The van der Waals surface area contributed by atoms with Crippen LogP contribution in [-0.4, -0.2) is 41.7 Å². The highest BCUT2D eigenvalue weighted by Gasteiger charge is 2.29. The van der Waals surface area contributed by atoms with E-state index in [2.05, 4.69) is 20.8 Å². The van der Waals surface area contributed by atoms with Crippen LogP contribution in [0.1, 0.15) is 35.3 Å². The van der Waals surface area contributed by atoms with Gasteiger partial charge in [0.25, 0.3) is 5.91 Å². The second-order valence-electron chi connectivity index (χ2n) is 5.58. The van der Waals surface area contributed by atoms with E-state index in [4.69, 9.17) is 20.9 Å². The number of hydrogen-bond acceptors (Lipinski definition) is 6. The Morgan fingerprint density at radius 1 is 1.20 bits per heavy atom. The number of nitrogens with zero attached hydrogens (tertiary/aromatic N) is 2. The zero-order valence-electron chi connectivity index (χ0n) is 13.3. The second kappa shape index (κ2) is 7.98. The maximum atomic E-state index is 11.8. The predicted molar refractivity (Wildman–Crippen MR) is 88.6 cm³/mol. The van der Waals surface area contributed by atoms with E-state index in [1.54, 1.807) is 24.3 Å². The molecule has 1 heterocycles. The summed E-state index contributed by atoms with van der Waals surface area (Å²) in [5.41, 5.74) is 0. The van der Waals surface area contributed by atoms with Crippen molar-refractivity contribution in [3.63, 3.8) is 0 Å². The highest BCUT2D eigenvalue weighted by atomic mass is 35.5. The smallest absolute Gasteiger partial charge is 0.315 e. The number of carbonyl (C=O) groups excluding carboxylic acids is 2. The number of amides is 2. The molecule has 0 radical (unpaired) electrons. The molecule has 8 nitrogen and oxygen atoms in total. The summed E-state index contributed by atoms with van der Waals surface area (Å²) in [7, 11) is 0. The molecule has 1 saturated carbocycles. The summed E-state index contributed by atoms with van der Waals surface area (Å²) in [6, 6.07) is 6.71. The zero-order chi connectivity index (χ0) is 17.6. The average molecular weight is 365 g/mol. The van der Waals surface area contributed by atoms with E-state index in [9.17, 15) is 9.59 Å². The van der Waals surface area contributed by atoms with Crippen LogP contribution in [0, 0.1) is 0 Å². The zero-order valence-corrected chi connectivity index (χ0v) is 14.1.